The van der Waals surface area contributed by atoms with Crippen molar-refractivity contribution in [2.75, 3.05) is 5.73 Å². The van der Waals surface area contributed by atoms with E-state index in [0.717, 1.165) is 12.0 Å². The lowest BCUT2D eigenvalue weighted by atomic mass is 9.90. The van der Waals surface area contributed by atoms with E-state index in [1.807, 2.05) is 0 Å². The molecule has 18 heavy (non-hydrogen) atoms. The number of benzene rings is 1. The molecule has 0 bridgehead atoms. The first kappa shape index (κ1) is 11.1. The molecular formula is C14H16N4. The summed E-state index contributed by atoms with van der Waals surface area (Å²) in [7, 11) is 0. The number of rotatable bonds is 1. The van der Waals surface area contributed by atoms with Crippen LogP contribution in [-0.4, -0.2) is 15.2 Å². The number of nitrogens with zero attached hydrogens (tertiary/aromatic N) is 3. The largest absolute Gasteiger partial charge is 0.382 e. The number of hydrogen-bond donors (Lipinski definition) is 1. The Balaban J connectivity index is 2.06. The molecule has 0 fully saturated rings. The van der Waals surface area contributed by atoms with Gasteiger partial charge in [0.1, 0.15) is 11.5 Å². The molecule has 0 aliphatic heterocycles. The maximum Gasteiger partial charge on any atom is 0.154 e. The molecule has 1 heterocycles. The van der Waals surface area contributed by atoms with Crippen molar-refractivity contribution in [1.29, 1.82) is 0 Å². The minimum absolute atomic E-state index is 0.457. The van der Waals surface area contributed by atoms with E-state index in [4.69, 9.17) is 5.73 Å². The van der Waals surface area contributed by atoms with Gasteiger partial charge in [0.25, 0.3) is 0 Å². The fourth-order valence-corrected chi connectivity index (χ4v) is 2.51. The molecule has 2 N–H and O–H groups in total. The molecule has 0 radical (unpaired) electrons. The Kier molecular flexibility index (Phi) is 2.70. The Labute approximate surface area is 106 Å². The second kappa shape index (κ2) is 4.37. The van der Waals surface area contributed by atoms with Crippen molar-refractivity contribution < 1.29 is 0 Å². The summed E-state index contributed by atoms with van der Waals surface area (Å²) in [6.07, 6.45) is 4.89. The lowest BCUT2D eigenvalue weighted by Gasteiger charge is -2.16. The molecule has 92 valence electrons. The average molecular weight is 240 g/mol. The first-order valence-corrected chi connectivity index (χ1v) is 6.33. The molecule has 3 rings (SSSR count). The fraction of sp³-hybridized carbons (Fsp3) is 0.357. The van der Waals surface area contributed by atoms with Crippen LogP contribution in [0.15, 0.2) is 18.2 Å². The van der Waals surface area contributed by atoms with E-state index in [-0.39, 0.29) is 0 Å². The van der Waals surface area contributed by atoms with Crippen LogP contribution in [0.25, 0.3) is 11.3 Å². The van der Waals surface area contributed by atoms with Crippen LogP contribution in [-0.2, 0) is 12.8 Å². The number of aromatic nitrogens is 3. The molecule has 0 amide bonds. The van der Waals surface area contributed by atoms with Gasteiger partial charge in [-0.15, -0.1) is 10.2 Å². The smallest absolute Gasteiger partial charge is 0.154 e. The Morgan fingerprint density at radius 3 is 2.61 bits per heavy atom. The van der Waals surface area contributed by atoms with Crippen LogP contribution in [0.5, 0.6) is 0 Å². The molecule has 0 saturated carbocycles. The molecule has 0 spiro atoms. The summed E-state index contributed by atoms with van der Waals surface area (Å²) in [6, 6.07) is 6.44. The summed E-state index contributed by atoms with van der Waals surface area (Å²) < 4.78 is 0. The molecule has 0 unspecified atom stereocenters. The van der Waals surface area contributed by atoms with Gasteiger partial charge in [-0.25, -0.2) is 4.98 Å². The van der Waals surface area contributed by atoms with Gasteiger partial charge in [-0.1, -0.05) is 12.1 Å². The van der Waals surface area contributed by atoms with Crippen LogP contribution in [0, 0.1) is 6.92 Å². The summed E-state index contributed by atoms with van der Waals surface area (Å²) in [6.45, 7) is 1.79. The van der Waals surface area contributed by atoms with E-state index >= 15 is 0 Å². The summed E-state index contributed by atoms with van der Waals surface area (Å²) in [4.78, 5) is 4.17. The Morgan fingerprint density at radius 1 is 1.06 bits per heavy atom. The second-order valence-electron chi connectivity index (χ2n) is 4.78. The standard InChI is InChI=1S/C14H16N4/c1-9-16-14(15)13(18-17-9)12-7-6-10-4-2-3-5-11(10)8-12/h6-8H,2-5H2,1H3,(H2,15,16,17). The summed E-state index contributed by atoms with van der Waals surface area (Å²) in [5.41, 5.74) is 10.5. The number of nitrogens with two attached hydrogens (primary N) is 1. The third-order valence-corrected chi connectivity index (χ3v) is 3.44. The first-order chi connectivity index (χ1) is 8.74. The van der Waals surface area contributed by atoms with Gasteiger partial charge in [0.2, 0.25) is 0 Å². The zero-order valence-corrected chi connectivity index (χ0v) is 10.5. The van der Waals surface area contributed by atoms with Gasteiger partial charge < -0.3 is 5.73 Å². The Bertz CT molecular complexity index is 592. The van der Waals surface area contributed by atoms with Crippen molar-refractivity contribution in [2.45, 2.75) is 32.6 Å². The molecule has 4 heteroatoms. The molecule has 1 aromatic heterocycles. The summed E-state index contributed by atoms with van der Waals surface area (Å²) in [5, 5.41) is 8.15. The van der Waals surface area contributed by atoms with Gasteiger partial charge in [0.15, 0.2) is 5.82 Å². The molecule has 1 aliphatic rings. The van der Waals surface area contributed by atoms with E-state index in [1.165, 1.54) is 30.4 Å². The molecule has 0 atom stereocenters. The van der Waals surface area contributed by atoms with Crippen molar-refractivity contribution in [3.63, 3.8) is 0 Å². The van der Waals surface area contributed by atoms with Crippen LogP contribution in [0.2, 0.25) is 0 Å². The molecule has 4 nitrogen and oxygen atoms in total. The van der Waals surface area contributed by atoms with Crippen molar-refractivity contribution in [1.82, 2.24) is 15.2 Å². The van der Waals surface area contributed by atoms with Crippen molar-refractivity contribution in [3.05, 3.63) is 35.2 Å². The molecule has 1 aliphatic carbocycles. The Hall–Kier alpha value is -1.97. The van der Waals surface area contributed by atoms with E-state index in [1.54, 1.807) is 6.92 Å². The normalized spacial score (nSPS) is 14.3. The zero-order chi connectivity index (χ0) is 12.5. The predicted octanol–water partition coefficient (Wildman–Crippen LogP) is 2.31. The highest BCUT2D eigenvalue weighted by Crippen LogP contribution is 2.28. The van der Waals surface area contributed by atoms with Crippen molar-refractivity contribution in [2.24, 2.45) is 0 Å². The zero-order valence-electron chi connectivity index (χ0n) is 10.5. The van der Waals surface area contributed by atoms with Crippen LogP contribution in [0.1, 0.15) is 29.8 Å². The quantitative estimate of drug-likeness (QED) is 0.830. The van der Waals surface area contributed by atoms with Crippen molar-refractivity contribution >= 4 is 5.82 Å². The SMILES string of the molecule is Cc1nnc(-c2ccc3c(c2)CCCC3)c(N)n1. The van der Waals surface area contributed by atoms with Gasteiger partial charge in [-0.05, 0) is 49.8 Å². The fourth-order valence-electron chi connectivity index (χ4n) is 2.51. The van der Waals surface area contributed by atoms with E-state index in [9.17, 15) is 0 Å². The van der Waals surface area contributed by atoms with Crippen LogP contribution < -0.4 is 5.73 Å². The van der Waals surface area contributed by atoms with Gasteiger partial charge >= 0.3 is 0 Å². The topological polar surface area (TPSA) is 64.7 Å². The minimum atomic E-state index is 0.457. The number of hydrogen-bond acceptors (Lipinski definition) is 4. The first-order valence-electron chi connectivity index (χ1n) is 6.33. The summed E-state index contributed by atoms with van der Waals surface area (Å²) in [5.74, 6) is 1.06. The summed E-state index contributed by atoms with van der Waals surface area (Å²) >= 11 is 0. The van der Waals surface area contributed by atoms with Crippen molar-refractivity contribution in [3.8, 4) is 11.3 Å². The van der Waals surface area contributed by atoms with Crippen LogP contribution in [0.3, 0.4) is 0 Å². The maximum absolute atomic E-state index is 5.92. The highest BCUT2D eigenvalue weighted by Gasteiger charge is 2.13. The molecule has 0 saturated heterocycles. The van der Waals surface area contributed by atoms with E-state index < -0.39 is 0 Å². The third kappa shape index (κ3) is 1.94. The number of fused-ring (bicyclic) bond motifs is 1. The number of aryl methyl sites for hydroxylation is 3. The highest BCUT2D eigenvalue weighted by atomic mass is 15.2. The lowest BCUT2D eigenvalue weighted by Crippen LogP contribution is -2.05. The van der Waals surface area contributed by atoms with Gasteiger partial charge in [0, 0.05) is 5.56 Å². The average Bonchev–Trinajstić information content (AvgIpc) is 2.38. The lowest BCUT2D eigenvalue weighted by molar-refractivity contribution is 0.686. The molecule has 1 aromatic carbocycles. The van der Waals surface area contributed by atoms with Gasteiger partial charge in [-0.2, -0.15) is 0 Å². The monoisotopic (exact) mass is 240 g/mol. The van der Waals surface area contributed by atoms with Gasteiger partial charge in [0.05, 0.1) is 0 Å². The second-order valence-corrected chi connectivity index (χ2v) is 4.78. The van der Waals surface area contributed by atoms with Gasteiger partial charge in [-0.3, -0.25) is 0 Å². The molecular weight excluding hydrogens is 224 g/mol. The van der Waals surface area contributed by atoms with Crippen LogP contribution >= 0.6 is 0 Å². The number of anilines is 1. The maximum atomic E-state index is 5.92. The van der Waals surface area contributed by atoms with E-state index in [2.05, 4.69) is 33.4 Å². The van der Waals surface area contributed by atoms with Crippen LogP contribution in [0.4, 0.5) is 5.82 Å². The highest BCUT2D eigenvalue weighted by molar-refractivity contribution is 5.70. The minimum Gasteiger partial charge on any atom is -0.382 e. The van der Waals surface area contributed by atoms with E-state index in [0.29, 0.717) is 17.3 Å². The third-order valence-electron chi connectivity index (χ3n) is 3.44. The molecule has 2 aromatic rings. The Morgan fingerprint density at radius 2 is 1.83 bits per heavy atom. The predicted molar refractivity (Wildman–Crippen MR) is 71.1 cm³/mol. The number of nitrogen functional groups attached to an aromatic ring is 1.